The minimum Gasteiger partial charge on any atom is -0.357 e. The van der Waals surface area contributed by atoms with Crippen molar-refractivity contribution in [2.45, 2.75) is 24.5 Å². The van der Waals surface area contributed by atoms with Crippen molar-refractivity contribution in [3.05, 3.63) is 79.9 Å². The predicted octanol–water partition coefficient (Wildman–Crippen LogP) is 2.18. The maximum Gasteiger partial charge on any atom is 0.269 e. The molecule has 4 atom stereocenters. The number of benzene rings is 2. The summed E-state index contributed by atoms with van der Waals surface area (Å²) in [6.07, 6.45) is -0.744. The quantitative estimate of drug-likeness (QED) is 0.604. The van der Waals surface area contributed by atoms with Crippen molar-refractivity contribution < 1.29 is 19.3 Å². The van der Waals surface area contributed by atoms with Crippen molar-refractivity contribution in [2.75, 3.05) is 13.2 Å². The molecule has 2 heterocycles. The first-order chi connectivity index (χ1) is 13.5. The number of fused-ring (bicyclic) bond motifs is 1. The maximum atomic E-state index is 10.8. The van der Waals surface area contributed by atoms with Crippen LogP contribution in [0.15, 0.2) is 48.5 Å². The lowest BCUT2D eigenvalue weighted by Crippen LogP contribution is -2.62. The normalized spacial score (nSPS) is 27.0. The molecule has 0 unspecified atom stereocenters. The summed E-state index contributed by atoms with van der Waals surface area (Å²) in [5, 5.41) is 28.2. The maximum absolute atomic E-state index is 10.8. The van der Waals surface area contributed by atoms with E-state index in [1.807, 2.05) is 0 Å². The Morgan fingerprint density at radius 3 is 1.39 bits per heavy atom. The lowest BCUT2D eigenvalue weighted by atomic mass is 10.0. The number of rotatable bonds is 4. The van der Waals surface area contributed by atoms with E-state index in [2.05, 4.69) is 10.6 Å². The largest absolute Gasteiger partial charge is 0.357 e. The van der Waals surface area contributed by atoms with E-state index in [0.717, 1.165) is 11.1 Å². The van der Waals surface area contributed by atoms with Crippen LogP contribution in [-0.2, 0) is 9.47 Å². The minimum absolute atomic E-state index is 0.00300. The lowest BCUT2D eigenvalue weighted by Gasteiger charge is -2.43. The summed E-state index contributed by atoms with van der Waals surface area (Å²) in [6, 6.07) is 12.5. The van der Waals surface area contributed by atoms with Gasteiger partial charge in [-0.1, -0.05) is 0 Å². The second kappa shape index (κ2) is 7.60. The Morgan fingerprint density at radius 1 is 0.714 bits per heavy atom. The first kappa shape index (κ1) is 18.4. The van der Waals surface area contributed by atoms with Crippen LogP contribution in [0.1, 0.15) is 23.6 Å². The summed E-state index contributed by atoms with van der Waals surface area (Å²) in [6.45, 7) is 0.873. The molecule has 10 heteroatoms. The fourth-order valence-corrected chi connectivity index (χ4v) is 3.37. The van der Waals surface area contributed by atoms with Gasteiger partial charge in [0.05, 0.1) is 35.1 Å². The predicted molar refractivity (Wildman–Crippen MR) is 97.4 cm³/mol. The van der Waals surface area contributed by atoms with E-state index >= 15 is 0 Å². The molecule has 0 aromatic heterocycles. The van der Waals surface area contributed by atoms with Crippen molar-refractivity contribution in [3.63, 3.8) is 0 Å². The second-order valence-electron chi connectivity index (χ2n) is 6.67. The molecular formula is C18H18N4O6. The molecule has 10 nitrogen and oxygen atoms in total. The molecule has 146 valence electrons. The average Bonchev–Trinajstić information content (AvgIpc) is 2.73. The van der Waals surface area contributed by atoms with Gasteiger partial charge in [0, 0.05) is 24.3 Å². The third-order valence-corrected chi connectivity index (χ3v) is 4.91. The van der Waals surface area contributed by atoms with Crippen molar-refractivity contribution in [1.82, 2.24) is 10.6 Å². The first-order valence-electron chi connectivity index (χ1n) is 8.75. The summed E-state index contributed by atoms with van der Waals surface area (Å²) < 4.78 is 11.8. The van der Waals surface area contributed by atoms with Gasteiger partial charge in [-0.25, -0.2) is 0 Å². The van der Waals surface area contributed by atoms with E-state index in [9.17, 15) is 20.2 Å². The van der Waals surface area contributed by atoms with Crippen LogP contribution in [-0.4, -0.2) is 35.1 Å². The zero-order chi connectivity index (χ0) is 19.7. The topological polar surface area (TPSA) is 129 Å². The summed E-state index contributed by atoms with van der Waals surface area (Å²) in [4.78, 5) is 20.7. The van der Waals surface area contributed by atoms with E-state index in [1.165, 1.54) is 24.3 Å². The Hall–Kier alpha value is -2.92. The molecule has 0 amide bonds. The molecule has 2 fully saturated rings. The van der Waals surface area contributed by atoms with Gasteiger partial charge in [0.25, 0.3) is 11.4 Å². The Morgan fingerprint density at radius 2 is 1.07 bits per heavy atom. The third-order valence-electron chi connectivity index (χ3n) is 4.91. The van der Waals surface area contributed by atoms with Gasteiger partial charge in [-0.15, -0.1) is 0 Å². The molecule has 2 aliphatic rings. The zero-order valence-electron chi connectivity index (χ0n) is 14.7. The van der Waals surface area contributed by atoms with E-state index in [4.69, 9.17) is 9.47 Å². The summed E-state index contributed by atoms with van der Waals surface area (Å²) >= 11 is 0. The van der Waals surface area contributed by atoms with Gasteiger partial charge in [-0.3, -0.25) is 30.9 Å². The molecule has 4 rings (SSSR count). The lowest BCUT2D eigenvalue weighted by molar-refractivity contribution is -0.385. The van der Waals surface area contributed by atoms with Crippen LogP contribution in [0.25, 0.3) is 0 Å². The number of nitro benzene ring substituents is 2. The number of ether oxygens (including phenoxy) is 2. The highest BCUT2D eigenvalue weighted by atomic mass is 16.6. The molecule has 0 spiro atoms. The number of non-ortho nitro benzene ring substituents is 2. The minimum atomic E-state index is -0.438. The summed E-state index contributed by atoms with van der Waals surface area (Å²) in [5.74, 6) is 0. The van der Waals surface area contributed by atoms with Gasteiger partial charge in [0.15, 0.2) is 0 Å². The molecular weight excluding hydrogens is 368 g/mol. The van der Waals surface area contributed by atoms with E-state index in [-0.39, 0.29) is 35.9 Å². The van der Waals surface area contributed by atoms with E-state index < -0.39 is 9.85 Å². The van der Waals surface area contributed by atoms with Crippen molar-refractivity contribution in [1.29, 1.82) is 0 Å². The van der Waals surface area contributed by atoms with Gasteiger partial charge in [-0.2, -0.15) is 0 Å². The number of nitrogens with zero attached hydrogens (tertiary/aromatic N) is 2. The Balaban J connectivity index is 1.39. The smallest absolute Gasteiger partial charge is 0.269 e. The molecule has 2 N–H and O–H groups in total. The molecule has 2 saturated heterocycles. The first-order valence-corrected chi connectivity index (χ1v) is 8.75. The van der Waals surface area contributed by atoms with E-state index in [1.54, 1.807) is 24.3 Å². The van der Waals surface area contributed by atoms with Crippen molar-refractivity contribution >= 4 is 11.4 Å². The Kier molecular flexibility index (Phi) is 5.01. The number of hydrogen-bond donors (Lipinski definition) is 2. The fourth-order valence-electron chi connectivity index (χ4n) is 3.37. The van der Waals surface area contributed by atoms with Gasteiger partial charge in [0.2, 0.25) is 0 Å². The van der Waals surface area contributed by atoms with Gasteiger partial charge in [0.1, 0.15) is 12.5 Å². The molecule has 0 aliphatic carbocycles. The molecule has 2 aromatic carbocycles. The highest BCUT2D eigenvalue weighted by Gasteiger charge is 2.37. The van der Waals surface area contributed by atoms with Crippen molar-refractivity contribution in [2.24, 2.45) is 0 Å². The molecule has 0 radical (unpaired) electrons. The molecule has 0 bridgehead atoms. The third kappa shape index (κ3) is 3.71. The van der Waals surface area contributed by atoms with Crippen LogP contribution >= 0.6 is 0 Å². The second-order valence-corrected chi connectivity index (χ2v) is 6.67. The van der Waals surface area contributed by atoms with Crippen LogP contribution in [0.5, 0.6) is 0 Å². The van der Waals surface area contributed by atoms with Crippen LogP contribution < -0.4 is 10.6 Å². The Labute approximate surface area is 159 Å². The van der Waals surface area contributed by atoms with Gasteiger partial charge < -0.3 is 9.47 Å². The van der Waals surface area contributed by atoms with Gasteiger partial charge in [-0.05, 0) is 35.4 Å². The molecule has 0 saturated carbocycles. The van der Waals surface area contributed by atoms with Crippen LogP contribution in [0, 0.1) is 20.2 Å². The van der Waals surface area contributed by atoms with Crippen LogP contribution in [0.4, 0.5) is 11.4 Å². The standard InChI is InChI=1S/C18H18N4O6/c23-21(24)13-5-1-11(2-6-13)17-19-15-10-28-18(20-16(15)9-27-17)12-3-7-14(8-4-12)22(25)26/h1-8,15-20H,9-10H2/t15-,16+,17-,18+. The summed E-state index contributed by atoms with van der Waals surface area (Å²) in [5.41, 5.74) is 1.68. The highest BCUT2D eigenvalue weighted by molar-refractivity contribution is 5.35. The monoisotopic (exact) mass is 386 g/mol. The van der Waals surface area contributed by atoms with Gasteiger partial charge >= 0.3 is 0 Å². The fraction of sp³-hybridized carbons (Fsp3) is 0.333. The van der Waals surface area contributed by atoms with Crippen LogP contribution in [0.2, 0.25) is 0 Å². The SMILES string of the molecule is O=[N+]([O-])c1ccc([C@@H]2N[C@@H]3CO[C@@H](c4ccc([N+](=O)[O-])cc4)N[C@H]3CO2)cc1. The Bertz CT molecular complexity index is 799. The number of nitro groups is 2. The molecule has 2 aromatic rings. The average molecular weight is 386 g/mol. The highest BCUT2D eigenvalue weighted by Crippen LogP contribution is 2.28. The van der Waals surface area contributed by atoms with Crippen LogP contribution in [0.3, 0.4) is 0 Å². The number of nitrogens with one attached hydrogen (secondary N) is 2. The number of hydrogen-bond acceptors (Lipinski definition) is 8. The molecule has 28 heavy (non-hydrogen) atoms. The zero-order valence-corrected chi connectivity index (χ0v) is 14.7. The summed E-state index contributed by atoms with van der Waals surface area (Å²) in [7, 11) is 0. The van der Waals surface area contributed by atoms with E-state index in [0.29, 0.717) is 13.2 Å². The molecule has 2 aliphatic heterocycles. The van der Waals surface area contributed by atoms with Crippen molar-refractivity contribution in [3.8, 4) is 0 Å².